The number of hydrogen-bond donors (Lipinski definition) is 1. The fourth-order valence-corrected chi connectivity index (χ4v) is 1.61. The van der Waals surface area contributed by atoms with Crippen molar-refractivity contribution in [2.75, 3.05) is 13.1 Å². The maximum Gasteiger partial charge on any atom is 0.259 e. The summed E-state index contributed by atoms with van der Waals surface area (Å²) in [6.07, 6.45) is 0.221. The van der Waals surface area contributed by atoms with Crippen molar-refractivity contribution >= 4 is 5.91 Å². The normalized spacial score (nSPS) is 29.1. The van der Waals surface area contributed by atoms with Crippen LogP contribution < -0.4 is 0 Å². The van der Waals surface area contributed by atoms with Gasteiger partial charge in [-0.15, -0.1) is 0 Å². The maximum absolute atomic E-state index is 13.3. The van der Waals surface area contributed by atoms with Crippen molar-refractivity contribution in [3.05, 3.63) is 0 Å². The zero-order valence-electron chi connectivity index (χ0n) is 8.96. The third-order valence-electron chi connectivity index (χ3n) is 2.71. The van der Waals surface area contributed by atoms with E-state index in [1.807, 2.05) is 6.92 Å². The van der Waals surface area contributed by atoms with E-state index in [0.717, 1.165) is 6.42 Å². The molecule has 1 aliphatic rings. The van der Waals surface area contributed by atoms with E-state index >= 15 is 0 Å². The van der Waals surface area contributed by atoms with Crippen molar-refractivity contribution in [1.29, 1.82) is 0 Å². The van der Waals surface area contributed by atoms with Gasteiger partial charge in [-0.3, -0.25) is 4.79 Å². The first kappa shape index (κ1) is 11.4. The molecule has 14 heavy (non-hydrogen) atoms. The molecule has 2 unspecified atom stereocenters. The monoisotopic (exact) mass is 203 g/mol. The van der Waals surface area contributed by atoms with E-state index in [2.05, 4.69) is 0 Å². The minimum absolute atomic E-state index is 0.196. The molecule has 4 heteroatoms. The number of halogens is 1. The number of piperidine rings is 1. The molecule has 1 N–H and O–H groups in total. The molecule has 1 rings (SSSR count). The Kier molecular flexibility index (Phi) is 3.14. The molecule has 0 bridgehead atoms. The van der Waals surface area contributed by atoms with E-state index in [-0.39, 0.29) is 12.5 Å². The van der Waals surface area contributed by atoms with Crippen molar-refractivity contribution in [3.63, 3.8) is 0 Å². The summed E-state index contributed by atoms with van der Waals surface area (Å²) < 4.78 is 13.3. The number of likely N-dealkylation sites (tertiary alicyclic amines) is 1. The smallest absolute Gasteiger partial charge is 0.259 e. The Labute approximate surface area is 83.9 Å². The molecule has 0 spiro atoms. The Hall–Kier alpha value is -0.640. The molecular formula is C10H18FNO2. The molecule has 1 heterocycles. The molecule has 82 valence electrons. The average molecular weight is 203 g/mol. The number of amides is 1. The maximum atomic E-state index is 13.3. The van der Waals surface area contributed by atoms with Crippen LogP contribution in [0, 0.1) is 5.92 Å². The Morgan fingerprint density at radius 2 is 2.14 bits per heavy atom. The topological polar surface area (TPSA) is 40.5 Å². The first-order valence-electron chi connectivity index (χ1n) is 4.98. The van der Waals surface area contributed by atoms with Crippen LogP contribution in [-0.2, 0) is 4.79 Å². The van der Waals surface area contributed by atoms with Crippen molar-refractivity contribution in [2.45, 2.75) is 39.0 Å². The molecule has 1 saturated heterocycles. The van der Waals surface area contributed by atoms with Crippen LogP contribution in [0.25, 0.3) is 0 Å². The zero-order chi connectivity index (χ0) is 10.9. The van der Waals surface area contributed by atoms with E-state index in [4.69, 9.17) is 0 Å². The van der Waals surface area contributed by atoms with Crippen LogP contribution >= 0.6 is 0 Å². The standard InChI is InChI=1S/C10H18FNO2/c1-7-4-5-12(6-8(7)13)9(14)10(2,3)11/h7-8,13H,4-6H2,1-3H3. The zero-order valence-corrected chi connectivity index (χ0v) is 8.96. The fourth-order valence-electron chi connectivity index (χ4n) is 1.61. The van der Waals surface area contributed by atoms with Gasteiger partial charge in [0.25, 0.3) is 5.91 Å². The molecule has 0 radical (unpaired) electrons. The van der Waals surface area contributed by atoms with Crippen LogP contribution in [0.5, 0.6) is 0 Å². The van der Waals surface area contributed by atoms with Gasteiger partial charge in [0.2, 0.25) is 0 Å². The molecular weight excluding hydrogens is 185 g/mol. The molecule has 0 aromatic heterocycles. The van der Waals surface area contributed by atoms with Gasteiger partial charge in [0.15, 0.2) is 5.67 Å². The molecule has 0 aliphatic carbocycles. The summed E-state index contributed by atoms with van der Waals surface area (Å²) in [4.78, 5) is 12.9. The number of rotatable bonds is 1. The molecule has 1 aliphatic heterocycles. The van der Waals surface area contributed by atoms with Gasteiger partial charge in [0, 0.05) is 13.1 Å². The van der Waals surface area contributed by atoms with E-state index in [1.54, 1.807) is 0 Å². The van der Waals surface area contributed by atoms with Crippen LogP contribution in [0.15, 0.2) is 0 Å². The third-order valence-corrected chi connectivity index (χ3v) is 2.71. The Bertz CT molecular complexity index is 225. The summed E-state index contributed by atoms with van der Waals surface area (Å²) in [6, 6.07) is 0. The second-order valence-corrected chi connectivity index (χ2v) is 4.56. The molecule has 3 nitrogen and oxygen atoms in total. The molecule has 1 amide bonds. The number of hydrogen-bond acceptors (Lipinski definition) is 2. The molecule has 1 fully saturated rings. The number of carbonyl (C=O) groups is 1. The van der Waals surface area contributed by atoms with Gasteiger partial charge in [0.1, 0.15) is 0 Å². The second kappa shape index (κ2) is 3.85. The van der Waals surface area contributed by atoms with Gasteiger partial charge >= 0.3 is 0 Å². The van der Waals surface area contributed by atoms with Gasteiger partial charge in [-0.25, -0.2) is 4.39 Å². The summed E-state index contributed by atoms with van der Waals surface area (Å²) in [5.41, 5.74) is -1.83. The number of carbonyl (C=O) groups excluding carboxylic acids is 1. The molecule has 0 aromatic carbocycles. The van der Waals surface area contributed by atoms with Crippen molar-refractivity contribution in [3.8, 4) is 0 Å². The van der Waals surface area contributed by atoms with Crippen LogP contribution in [-0.4, -0.2) is 40.8 Å². The number of alkyl halides is 1. The van der Waals surface area contributed by atoms with Gasteiger partial charge in [-0.1, -0.05) is 6.92 Å². The van der Waals surface area contributed by atoms with Crippen molar-refractivity contribution in [2.24, 2.45) is 5.92 Å². The van der Waals surface area contributed by atoms with Crippen molar-refractivity contribution in [1.82, 2.24) is 4.90 Å². The molecule has 0 saturated carbocycles. The molecule has 2 atom stereocenters. The van der Waals surface area contributed by atoms with Gasteiger partial charge in [-0.2, -0.15) is 0 Å². The van der Waals surface area contributed by atoms with Crippen LogP contribution in [0.4, 0.5) is 4.39 Å². The van der Waals surface area contributed by atoms with Crippen LogP contribution in [0.2, 0.25) is 0 Å². The summed E-state index contributed by atoms with van der Waals surface area (Å²) in [5.74, 6) is -0.328. The van der Waals surface area contributed by atoms with Gasteiger partial charge < -0.3 is 10.0 Å². The highest BCUT2D eigenvalue weighted by atomic mass is 19.1. The Balaban J connectivity index is 2.59. The van der Waals surface area contributed by atoms with E-state index in [1.165, 1.54) is 18.7 Å². The fraction of sp³-hybridized carbons (Fsp3) is 0.900. The lowest BCUT2D eigenvalue weighted by Crippen LogP contribution is -2.51. The van der Waals surface area contributed by atoms with E-state index < -0.39 is 17.7 Å². The molecule has 0 aromatic rings. The Morgan fingerprint density at radius 1 is 1.57 bits per heavy atom. The van der Waals surface area contributed by atoms with Crippen molar-refractivity contribution < 1.29 is 14.3 Å². The quantitative estimate of drug-likeness (QED) is 0.689. The summed E-state index contributed by atoms with van der Waals surface area (Å²) in [6.45, 7) is 5.24. The summed E-state index contributed by atoms with van der Waals surface area (Å²) >= 11 is 0. The highest BCUT2D eigenvalue weighted by Crippen LogP contribution is 2.21. The lowest BCUT2D eigenvalue weighted by molar-refractivity contribution is -0.146. The third kappa shape index (κ3) is 2.44. The summed E-state index contributed by atoms with van der Waals surface area (Å²) in [5, 5.41) is 9.55. The number of aliphatic hydroxyl groups excluding tert-OH is 1. The number of aliphatic hydroxyl groups is 1. The SMILES string of the molecule is CC1CCN(C(=O)C(C)(C)F)CC1O. The number of nitrogens with zero attached hydrogens (tertiary/aromatic N) is 1. The first-order chi connectivity index (χ1) is 6.32. The predicted octanol–water partition coefficient (Wildman–Crippen LogP) is 0.964. The Morgan fingerprint density at radius 3 is 2.57 bits per heavy atom. The van der Waals surface area contributed by atoms with Crippen LogP contribution in [0.1, 0.15) is 27.2 Å². The van der Waals surface area contributed by atoms with Gasteiger partial charge in [-0.05, 0) is 26.2 Å². The lowest BCUT2D eigenvalue weighted by Gasteiger charge is -2.36. The lowest BCUT2D eigenvalue weighted by atomic mass is 9.95. The minimum atomic E-state index is -1.83. The largest absolute Gasteiger partial charge is 0.391 e. The first-order valence-corrected chi connectivity index (χ1v) is 4.98. The average Bonchev–Trinajstić information content (AvgIpc) is 2.07. The summed E-state index contributed by atoms with van der Waals surface area (Å²) in [7, 11) is 0. The van der Waals surface area contributed by atoms with E-state index in [9.17, 15) is 14.3 Å². The highest BCUT2D eigenvalue weighted by Gasteiger charge is 2.35. The van der Waals surface area contributed by atoms with Crippen LogP contribution in [0.3, 0.4) is 0 Å². The van der Waals surface area contributed by atoms with Gasteiger partial charge in [0.05, 0.1) is 6.10 Å². The highest BCUT2D eigenvalue weighted by molar-refractivity contribution is 5.84. The minimum Gasteiger partial charge on any atom is -0.391 e. The predicted molar refractivity (Wildman–Crippen MR) is 51.6 cm³/mol. The number of β-amino-alcohol motifs (C(OH)–C–C–N with tert-alkyl or cyclic N) is 1. The second-order valence-electron chi connectivity index (χ2n) is 4.56. The van der Waals surface area contributed by atoms with E-state index in [0.29, 0.717) is 6.54 Å².